The Bertz CT molecular complexity index is 1090. The molecule has 0 aliphatic carbocycles. The van der Waals surface area contributed by atoms with Crippen LogP contribution in [0.25, 0.3) is 11.3 Å². The van der Waals surface area contributed by atoms with Gasteiger partial charge in [-0.1, -0.05) is 13.0 Å². The SMILES string of the molecule is Cc1c(C#N)cccc1Nc1nccc(-c2cnc3c(c2)C(C)(CO)CN3)n1. The number of nitriles is 1. The Hall–Kier alpha value is -3.50. The number of aliphatic hydroxyl groups is 1. The van der Waals surface area contributed by atoms with E-state index in [9.17, 15) is 10.4 Å². The minimum atomic E-state index is -0.360. The molecule has 1 unspecified atom stereocenters. The molecule has 0 amide bonds. The van der Waals surface area contributed by atoms with Gasteiger partial charge in [-0.15, -0.1) is 0 Å². The molecule has 28 heavy (non-hydrogen) atoms. The summed E-state index contributed by atoms with van der Waals surface area (Å²) in [6.45, 7) is 4.59. The Morgan fingerprint density at radius 1 is 1.32 bits per heavy atom. The average molecular weight is 372 g/mol. The Kier molecular flexibility index (Phi) is 4.41. The van der Waals surface area contributed by atoms with Crippen molar-refractivity contribution in [1.29, 1.82) is 5.26 Å². The van der Waals surface area contributed by atoms with Crippen LogP contribution in [-0.4, -0.2) is 33.2 Å². The van der Waals surface area contributed by atoms with Crippen LogP contribution < -0.4 is 10.6 Å². The van der Waals surface area contributed by atoms with Crippen molar-refractivity contribution in [2.45, 2.75) is 19.3 Å². The first kappa shape index (κ1) is 17.9. The van der Waals surface area contributed by atoms with E-state index in [2.05, 4.69) is 31.7 Å². The van der Waals surface area contributed by atoms with Crippen molar-refractivity contribution in [3.63, 3.8) is 0 Å². The number of benzene rings is 1. The van der Waals surface area contributed by atoms with Crippen molar-refractivity contribution in [2.75, 3.05) is 23.8 Å². The molecule has 140 valence electrons. The van der Waals surface area contributed by atoms with Crippen molar-refractivity contribution in [3.05, 3.63) is 59.4 Å². The van der Waals surface area contributed by atoms with E-state index >= 15 is 0 Å². The molecule has 7 heteroatoms. The second kappa shape index (κ2) is 6.91. The summed E-state index contributed by atoms with van der Waals surface area (Å²) in [5.41, 5.74) is 4.46. The molecule has 4 rings (SSSR count). The molecule has 2 aromatic heterocycles. The molecular weight excluding hydrogens is 352 g/mol. The zero-order valence-electron chi connectivity index (χ0n) is 15.7. The quantitative estimate of drug-likeness (QED) is 0.646. The number of rotatable bonds is 4. The standard InChI is InChI=1S/C21H20N6O/c1-13-14(9-22)4-3-5-17(13)26-20-23-7-6-18(27-20)15-8-16-19(24-10-15)25-11-21(16,2)12-28/h3-8,10,28H,11-12H2,1-2H3,(H,24,25)(H,23,26,27). The highest BCUT2D eigenvalue weighted by Crippen LogP contribution is 2.37. The van der Waals surface area contributed by atoms with Crippen LogP contribution in [0.5, 0.6) is 0 Å². The fraction of sp³-hybridized carbons (Fsp3) is 0.238. The number of anilines is 3. The highest BCUT2D eigenvalue weighted by molar-refractivity contribution is 5.68. The van der Waals surface area contributed by atoms with E-state index in [0.29, 0.717) is 18.1 Å². The van der Waals surface area contributed by atoms with Crippen molar-refractivity contribution in [3.8, 4) is 17.3 Å². The predicted octanol–water partition coefficient (Wildman–Crippen LogP) is 3.14. The van der Waals surface area contributed by atoms with E-state index in [1.54, 1.807) is 18.5 Å². The van der Waals surface area contributed by atoms with Crippen LogP contribution in [-0.2, 0) is 5.41 Å². The average Bonchev–Trinajstić information content (AvgIpc) is 3.07. The Morgan fingerprint density at radius 2 is 2.18 bits per heavy atom. The third kappa shape index (κ3) is 3.04. The maximum atomic E-state index is 9.78. The zero-order valence-corrected chi connectivity index (χ0v) is 15.7. The van der Waals surface area contributed by atoms with Gasteiger partial charge in [0.2, 0.25) is 5.95 Å². The first-order valence-electron chi connectivity index (χ1n) is 8.99. The van der Waals surface area contributed by atoms with E-state index in [-0.39, 0.29) is 12.0 Å². The van der Waals surface area contributed by atoms with E-state index in [1.165, 1.54) is 0 Å². The topological polar surface area (TPSA) is 107 Å². The molecular formula is C21H20N6O. The Morgan fingerprint density at radius 3 is 2.96 bits per heavy atom. The number of fused-ring (bicyclic) bond motifs is 1. The van der Waals surface area contributed by atoms with Crippen LogP contribution in [0.1, 0.15) is 23.6 Å². The van der Waals surface area contributed by atoms with Crippen LogP contribution >= 0.6 is 0 Å². The van der Waals surface area contributed by atoms with Crippen LogP contribution in [0.2, 0.25) is 0 Å². The number of hydrogen-bond acceptors (Lipinski definition) is 7. The molecule has 1 aliphatic heterocycles. The number of hydrogen-bond donors (Lipinski definition) is 3. The molecule has 3 heterocycles. The Balaban J connectivity index is 1.68. The van der Waals surface area contributed by atoms with Crippen LogP contribution in [0.4, 0.5) is 17.5 Å². The molecule has 0 saturated heterocycles. The fourth-order valence-corrected chi connectivity index (χ4v) is 3.31. The summed E-state index contributed by atoms with van der Waals surface area (Å²) >= 11 is 0. The monoisotopic (exact) mass is 372 g/mol. The molecule has 3 N–H and O–H groups in total. The summed E-state index contributed by atoms with van der Waals surface area (Å²) in [6, 6.07) is 11.5. The van der Waals surface area contributed by atoms with Gasteiger partial charge < -0.3 is 15.7 Å². The molecule has 0 saturated carbocycles. The van der Waals surface area contributed by atoms with Crippen molar-refractivity contribution in [2.24, 2.45) is 0 Å². The van der Waals surface area contributed by atoms with Gasteiger partial charge in [0.15, 0.2) is 0 Å². The first-order valence-corrected chi connectivity index (χ1v) is 8.99. The van der Waals surface area contributed by atoms with Crippen molar-refractivity contribution >= 4 is 17.5 Å². The van der Waals surface area contributed by atoms with Crippen molar-refractivity contribution < 1.29 is 5.11 Å². The summed E-state index contributed by atoms with van der Waals surface area (Å²) < 4.78 is 0. The summed E-state index contributed by atoms with van der Waals surface area (Å²) in [5.74, 6) is 1.25. The summed E-state index contributed by atoms with van der Waals surface area (Å²) in [5, 5.41) is 25.4. The van der Waals surface area contributed by atoms with Gasteiger partial charge in [-0.3, -0.25) is 0 Å². The minimum Gasteiger partial charge on any atom is -0.395 e. The third-order valence-corrected chi connectivity index (χ3v) is 5.18. The first-order chi connectivity index (χ1) is 13.5. The lowest BCUT2D eigenvalue weighted by molar-refractivity contribution is 0.218. The van der Waals surface area contributed by atoms with Gasteiger partial charge in [-0.25, -0.2) is 15.0 Å². The van der Waals surface area contributed by atoms with E-state index in [0.717, 1.165) is 33.9 Å². The maximum absolute atomic E-state index is 9.78. The minimum absolute atomic E-state index is 0.0449. The van der Waals surface area contributed by atoms with Crippen LogP contribution in [0, 0.1) is 18.3 Å². The maximum Gasteiger partial charge on any atom is 0.227 e. The van der Waals surface area contributed by atoms with Gasteiger partial charge in [0, 0.05) is 41.2 Å². The van der Waals surface area contributed by atoms with E-state index in [4.69, 9.17) is 0 Å². The molecule has 1 atom stereocenters. The highest BCUT2D eigenvalue weighted by atomic mass is 16.3. The summed E-state index contributed by atoms with van der Waals surface area (Å²) in [7, 11) is 0. The van der Waals surface area contributed by atoms with Gasteiger partial charge in [-0.2, -0.15) is 5.26 Å². The van der Waals surface area contributed by atoms with Crippen LogP contribution in [0.15, 0.2) is 42.7 Å². The van der Waals surface area contributed by atoms with Gasteiger partial charge in [0.1, 0.15) is 5.82 Å². The summed E-state index contributed by atoms with van der Waals surface area (Å²) in [4.78, 5) is 13.4. The third-order valence-electron chi connectivity index (χ3n) is 5.18. The summed E-state index contributed by atoms with van der Waals surface area (Å²) in [6.07, 6.45) is 3.45. The van der Waals surface area contributed by atoms with Gasteiger partial charge in [0.25, 0.3) is 0 Å². The molecule has 0 bridgehead atoms. The Labute approximate surface area is 163 Å². The van der Waals surface area contributed by atoms with E-state index in [1.807, 2.05) is 38.1 Å². The zero-order chi connectivity index (χ0) is 19.7. The van der Waals surface area contributed by atoms with Crippen LogP contribution in [0.3, 0.4) is 0 Å². The number of pyridine rings is 1. The molecule has 0 spiro atoms. The second-order valence-electron chi connectivity index (χ2n) is 7.17. The number of nitrogens with one attached hydrogen (secondary N) is 2. The number of aromatic nitrogens is 3. The molecule has 1 aromatic carbocycles. The van der Waals surface area contributed by atoms with Gasteiger partial charge in [-0.05, 0) is 36.8 Å². The highest BCUT2D eigenvalue weighted by Gasteiger charge is 2.35. The van der Waals surface area contributed by atoms with Gasteiger partial charge in [0.05, 0.1) is 23.9 Å². The molecule has 3 aromatic rings. The molecule has 0 radical (unpaired) electrons. The fourth-order valence-electron chi connectivity index (χ4n) is 3.31. The lowest BCUT2D eigenvalue weighted by atomic mass is 9.85. The predicted molar refractivity (Wildman–Crippen MR) is 107 cm³/mol. The number of nitrogens with zero attached hydrogens (tertiary/aromatic N) is 4. The normalized spacial score (nSPS) is 17.5. The molecule has 0 fully saturated rings. The lowest BCUT2D eigenvalue weighted by Gasteiger charge is -2.20. The second-order valence-corrected chi connectivity index (χ2v) is 7.17. The molecule has 7 nitrogen and oxygen atoms in total. The van der Waals surface area contributed by atoms with Crippen molar-refractivity contribution in [1.82, 2.24) is 15.0 Å². The largest absolute Gasteiger partial charge is 0.395 e. The lowest BCUT2D eigenvalue weighted by Crippen LogP contribution is -2.28. The smallest absolute Gasteiger partial charge is 0.227 e. The van der Waals surface area contributed by atoms with Gasteiger partial charge >= 0.3 is 0 Å². The van der Waals surface area contributed by atoms with E-state index < -0.39 is 0 Å². The number of aliphatic hydroxyl groups excluding tert-OH is 1. The molecule has 1 aliphatic rings.